The molecule has 0 aliphatic carbocycles. The van der Waals surface area contributed by atoms with Crippen molar-refractivity contribution >= 4 is 21.9 Å². The van der Waals surface area contributed by atoms with Crippen molar-refractivity contribution in [1.82, 2.24) is 9.62 Å². The molecule has 8 heteroatoms. The molecule has 27 heavy (non-hydrogen) atoms. The van der Waals surface area contributed by atoms with Crippen LogP contribution in [0.2, 0.25) is 0 Å². The van der Waals surface area contributed by atoms with Gasteiger partial charge in [0.1, 0.15) is 0 Å². The number of aromatic carboxylic acids is 1. The molecule has 2 rings (SSSR count). The molecule has 0 radical (unpaired) electrons. The van der Waals surface area contributed by atoms with Crippen LogP contribution < -0.4 is 5.32 Å². The molecule has 150 valence electrons. The maximum absolute atomic E-state index is 12.3. The third-order valence-electron chi connectivity index (χ3n) is 4.86. The van der Waals surface area contributed by atoms with Crippen LogP contribution in [0.3, 0.4) is 0 Å². The van der Waals surface area contributed by atoms with Gasteiger partial charge >= 0.3 is 5.97 Å². The first-order valence-corrected chi connectivity index (χ1v) is 11.0. The van der Waals surface area contributed by atoms with E-state index in [0.717, 1.165) is 12.0 Å². The van der Waals surface area contributed by atoms with Crippen molar-refractivity contribution in [2.45, 2.75) is 39.0 Å². The minimum absolute atomic E-state index is 0.0602. The molecular weight excluding hydrogens is 368 g/mol. The van der Waals surface area contributed by atoms with Crippen molar-refractivity contribution in [2.24, 2.45) is 5.92 Å². The Kier molecular flexibility index (Phi) is 7.79. The highest BCUT2D eigenvalue weighted by atomic mass is 32.2. The van der Waals surface area contributed by atoms with E-state index >= 15 is 0 Å². The van der Waals surface area contributed by atoms with Gasteiger partial charge < -0.3 is 10.4 Å². The van der Waals surface area contributed by atoms with Gasteiger partial charge in [-0.2, -0.15) is 0 Å². The molecular formula is C19H28N2O5S. The lowest BCUT2D eigenvalue weighted by Crippen LogP contribution is -2.44. The van der Waals surface area contributed by atoms with Crippen LogP contribution in [-0.4, -0.2) is 55.1 Å². The average molecular weight is 397 g/mol. The van der Waals surface area contributed by atoms with Crippen molar-refractivity contribution in [3.8, 4) is 0 Å². The van der Waals surface area contributed by atoms with Gasteiger partial charge in [-0.25, -0.2) is 17.5 Å². The van der Waals surface area contributed by atoms with Gasteiger partial charge in [0.15, 0.2) is 0 Å². The lowest BCUT2D eigenvalue weighted by atomic mass is 9.97. The zero-order chi connectivity index (χ0) is 19.9. The number of carboxylic acid groups (broad SMARTS) is 1. The molecule has 0 atom stereocenters. The fourth-order valence-electron chi connectivity index (χ4n) is 3.19. The van der Waals surface area contributed by atoms with Crippen LogP contribution >= 0.6 is 0 Å². The highest BCUT2D eigenvalue weighted by Crippen LogP contribution is 2.20. The number of benzene rings is 1. The lowest BCUT2D eigenvalue weighted by molar-refractivity contribution is -0.126. The van der Waals surface area contributed by atoms with E-state index < -0.39 is 16.0 Å². The molecule has 1 amide bonds. The Labute approximate surface area is 160 Å². The van der Waals surface area contributed by atoms with E-state index in [4.69, 9.17) is 5.11 Å². The van der Waals surface area contributed by atoms with Crippen molar-refractivity contribution < 1.29 is 23.1 Å². The quantitative estimate of drug-likeness (QED) is 0.663. The summed E-state index contributed by atoms with van der Waals surface area (Å²) in [5, 5.41) is 11.9. The molecule has 1 aliphatic heterocycles. The van der Waals surface area contributed by atoms with E-state index in [2.05, 4.69) is 5.32 Å². The van der Waals surface area contributed by atoms with Crippen LogP contribution in [0.1, 0.15) is 48.5 Å². The number of nitrogens with one attached hydrogen (secondary N) is 1. The number of carbonyl (C=O) groups is 2. The van der Waals surface area contributed by atoms with E-state index in [1.165, 1.54) is 10.4 Å². The van der Waals surface area contributed by atoms with Gasteiger partial charge in [-0.1, -0.05) is 25.5 Å². The number of carboxylic acids is 1. The van der Waals surface area contributed by atoms with E-state index in [1.807, 2.05) is 13.0 Å². The summed E-state index contributed by atoms with van der Waals surface area (Å²) in [6.07, 6.45) is 3.12. The molecule has 1 aromatic carbocycles. The van der Waals surface area contributed by atoms with Crippen LogP contribution in [0.4, 0.5) is 0 Å². The lowest BCUT2D eigenvalue weighted by Gasteiger charge is -2.30. The number of unbranched alkanes of at least 4 members (excludes halogenated alkanes) is 1. The molecule has 1 fully saturated rings. The topological polar surface area (TPSA) is 104 Å². The van der Waals surface area contributed by atoms with Crippen LogP contribution in [0.25, 0.3) is 0 Å². The summed E-state index contributed by atoms with van der Waals surface area (Å²) in [7, 11) is -3.21. The summed E-state index contributed by atoms with van der Waals surface area (Å²) in [6.45, 7) is 3.18. The minimum atomic E-state index is -3.21. The van der Waals surface area contributed by atoms with Gasteiger partial charge in [0, 0.05) is 25.6 Å². The Morgan fingerprint density at radius 3 is 2.59 bits per heavy atom. The number of hydrogen-bond donors (Lipinski definition) is 2. The van der Waals surface area contributed by atoms with Crippen LogP contribution in [0.5, 0.6) is 0 Å². The molecule has 7 nitrogen and oxygen atoms in total. The van der Waals surface area contributed by atoms with Gasteiger partial charge in [-0.3, -0.25) is 4.79 Å². The van der Waals surface area contributed by atoms with Gasteiger partial charge in [0.05, 0.1) is 11.3 Å². The monoisotopic (exact) mass is 396 g/mol. The molecule has 1 aromatic rings. The number of sulfonamides is 1. The minimum Gasteiger partial charge on any atom is -0.478 e. The van der Waals surface area contributed by atoms with E-state index in [1.54, 1.807) is 12.1 Å². The third kappa shape index (κ3) is 6.32. The Morgan fingerprint density at radius 1 is 1.26 bits per heavy atom. The number of amides is 1. The maximum atomic E-state index is 12.3. The maximum Gasteiger partial charge on any atom is 0.335 e. The van der Waals surface area contributed by atoms with E-state index in [-0.39, 0.29) is 23.1 Å². The first-order chi connectivity index (χ1) is 12.8. The summed E-state index contributed by atoms with van der Waals surface area (Å²) in [5.74, 6) is -1.03. The number of piperidine rings is 1. The van der Waals surface area contributed by atoms with Crippen LogP contribution in [0, 0.1) is 5.92 Å². The molecule has 0 aromatic heterocycles. The van der Waals surface area contributed by atoms with Gasteiger partial charge in [-0.05, 0) is 43.4 Å². The van der Waals surface area contributed by atoms with Gasteiger partial charge in [0.25, 0.3) is 0 Å². The van der Waals surface area contributed by atoms with Crippen molar-refractivity contribution in [2.75, 3.05) is 25.4 Å². The molecule has 0 saturated carbocycles. The van der Waals surface area contributed by atoms with Crippen LogP contribution in [-0.2, 0) is 21.2 Å². The predicted octanol–water partition coefficient (Wildman–Crippen LogP) is 1.89. The molecule has 1 heterocycles. The summed E-state index contributed by atoms with van der Waals surface area (Å²) in [4.78, 5) is 23.3. The zero-order valence-corrected chi connectivity index (χ0v) is 16.5. The third-order valence-corrected chi connectivity index (χ3v) is 6.82. The highest BCUT2D eigenvalue weighted by Gasteiger charge is 2.30. The second kappa shape index (κ2) is 9.85. The fraction of sp³-hybridized carbons (Fsp3) is 0.579. The molecule has 0 unspecified atom stereocenters. The standard InChI is InChI=1S/C19H28N2O5S/c1-2-3-13-27(25,26)21-11-8-16(9-12-21)18(22)20-10-7-15-5-4-6-17(14-15)19(23)24/h4-6,14,16H,2-3,7-13H2,1H3,(H,20,22)(H,23,24). The summed E-state index contributed by atoms with van der Waals surface area (Å²) in [5.41, 5.74) is 1.09. The molecule has 0 bridgehead atoms. The second-order valence-corrected chi connectivity index (χ2v) is 8.98. The predicted molar refractivity (Wildman–Crippen MR) is 103 cm³/mol. The second-order valence-electron chi connectivity index (χ2n) is 6.89. The first kappa shape index (κ1) is 21.4. The van der Waals surface area contributed by atoms with Crippen molar-refractivity contribution in [1.29, 1.82) is 0 Å². The normalized spacial score (nSPS) is 16.2. The molecule has 1 saturated heterocycles. The van der Waals surface area contributed by atoms with E-state index in [9.17, 15) is 18.0 Å². The van der Waals surface area contributed by atoms with Gasteiger partial charge in [0.2, 0.25) is 15.9 Å². The summed E-state index contributed by atoms with van der Waals surface area (Å²) in [6, 6.07) is 6.66. The molecule has 2 N–H and O–H groups in total. The summed E-state index contributed by atoms with van der Waals surface area (Å²) < 4.78 is 25.9. The van der Waals surface area contributed by atoms with Crippen molar-refractivity contribution in [3.05, 3.63) is 35.4 Å². The molecule has 1 aliphatic rings. The Hall–Kier alpha value is -1.93. The van der Waals surface area contributed by atoms with Crippen LogP contribution in [0.15, 0.2) is 24.3 Å². The Balaban J connectivity index is 1.76. The first-order valence-electron chi connectivity index (χ1n) is 9.41. The highest BCUT2D eigenvalue weighted by molar-refractivity contribution is 7.89. The number of carbonyl (C=O) groups excluding carboxylic acids is 1. The zero-order valence-electron chi connectivity index (χ0n) is 15.7. The smallest absolute Gasteiger partial charge is 0.335 e. The summed E-state index contributed by atoms with van der Waals surface area (Å²) >= 11 is 0. The molecule has 0 spiro atoms. The van der Waals surface area contributed by atoms with E-state index in [0.29, 0.717) is 45.3 Å². The average Bonchev–Trinajstić information content (AvgIpc) is 2.66. The number of hydrogen-bond acceptors (Lipinski definition) is 4. The van der Waals surface area contributed by atoms with Crippen molar-refractivity contribution in [3.63, 3.8) is 0 Å². The number of rotatable bonds is 9. The largest absolute Gasteiger partial charge is 0.478 e. The Bertz CT molecular complexity index is 755. The fourth-order valence-corrected chi connectivity index (χ4v) is 4.87. The van der Waals surface area contributed by atoms with Gasteiger partial charge in [-0.15, -0.1) is 0 Å². The SMILES string of the molecule is CCCCS(=O)(=O)N1CCC(C(=O)NCCc2cccc(C(=O)O)c2)CC1. The number of nitrogens with zero attached hydrogens (tertiary/aromatic N) is 1. The Morgan fingerprint density at radius 2 is 1.96 bits per heavy atom.